The molecule has 0 bridgehead atoms. The van der Waals surface area contributed by atoms with E-state index in [0.717, 1.165) is 0 Å². The number of rotatable bonds is 5. The minimum atomic E-state index is 0.0574. The van der Waals surface area contributed by atoms with Gasteiger partial charge in [0.1, 0.15) is 0 Å². The largest absolute Gasteiger partial charge is 0.370 e. The molecule has 2 heteroatoms. The molecular formula is C10H21NO. The van der Waals surface area contributed by atoms with Crippen LogP contribution in [0.1, 0.15) is 27.7 Å². The van der Waals surface area contributed by atoms with Crippen molar-refractivity contribution in [2.45, 2.75) is 33.2 Å². The standard InChI is InChI=1S/C10H21NO/c1-8(2)9(3)10(4,5)11-7-12-6/h9,11H,1,7H2,2-6H3/t9-/m0/s1. The Morgan fingerprint density at radius 1 is 1.58 bits per heavy atom. The molecule has 0 fully saturated rings. The second-order valence-corrected chi connectivity index (χ2v) is 3.90. The summed E-state index contributed by atoms with van der Waals surface area (Å²) in [5, 5.41) is 3.31. The van der Waals surface area contributed by atoms with E-state index < -0.39 is 0 Å². The molecule has 0 spiro atoms. The molecule has 0 heterocycles. The molecule has 0 saturated heterocycles. The zero-order valence-electron chi connectivity index (χ0n) is 8.90. The Morgan fingerprint density at radius 3 is 2.42 bits per heavy atom. The average molecular weight is 171 g/mol. The maximum atomic E-state index is 4.97. The predicted molar refractivity (Wildman–Crippen MR) is 53.1 cm³/mol. The van der Waals surface area contributed by atoms with E-state index in [1.54, 1.807) is 7.11 Å². The molecule has 2 nitrogen and oxygen atoms in total. The molecular weight excluding hydrogens is 150 g/mol. The maximum absolute atomic E-state index is 4.97. The summed E-state index contributed by atoms with van der Waals surface area (Å²) < 4.78 is 4.97. The van der Waals surface area contributed by atoms with Gasteiger partial charge in [0.15, 0.2) is 0 Å². The van der Waals surface area contributed by atoms with Crippen molar-refractivity contribution >= 4 is 0 Å². The Kier molecular flexibility index (Phi) is 4.50. The van der Waals surface area contributed by atoms with Gasteiger partial charge in [-0.3, -0.25) is 5.32 Å². The highest BCUT2D eigenvalue weighted by Crippen LogP contribution is 2.22. The predicted octanol–water partition coefficient (Wildman–Crippen LogP) is 2.17. The van der Waals surface area contributed by atoms with Gasteiger partial charge in [0.25, 0.3) is 0 Å². The van der Waals surface area contributed by atoms with E-state index in [0.29, 0.717) is 12.6 Å². The molecule has 0 aliphatic heterocycles. The van der Waals surface area contributed by atoms with Crippen LogP contribution in [0, 0.1) is 5.92 Å². The third kappa shape index (κ3) is 3.37. The van der Waals surface area contributed by atoms with Crippen LogP contribution in [-0.4, -0.2) is 19.4 Å². The van der Waals surface area contributed by atoms with Gasteiger partial charge in [-0.2, -0.15) is 0 Å². The lowest BCUT2D eigenvalue weighted by Crippen LogP contribution is -2.46. The number of hydrogen-bond acceptors (Lipinski definition) is 2. The summed E-state index contributed by atoms with van der Waals surface area (Å²) in [5.41, 5.74) is 1.26. The first-order chi connectivity index (χ1) is 5.41. The molecule has 0 aliphatic carbocycles. The summed E-state index contributed by atoms with van der Waals surface area (Å²) >= 11 is 0. The van der Waals surface area contributed by atoms with Gasteiger partial charge in [-0.25, -0.2) is 0 Å². The second-order valence-electron chi connectivity index (χ2n) is 3.90. The van der Waals surface area contributed by atoms with Crippen LogP contribution < -0.4 is 5.32 Å². The zero-order chi connectivity index (χ0) is 9.78. The summed E-state index contributed by atoms with van der Waals surface area (Å²) in [6.07, 6.45) is 0. The Hall–Kier alpha value is -0.340. The minimum Gasteiger partial charge on any atom is -0.370 e. The molecule has 0 aromatic rings. The van der Waals surface area contributed by atoms with E-state index in [2.05, 4.69) is 39.6 Å². The summed E-state index contributed by atoms with van der Waals surface area (Å²) in [4.78, 5) is 0. The van der Waals surface area contributed by atoms with Gasteiger partial charge in [-0.05, 0) is 26.7 Å². The van der Waals surface area contributed by atoms with Gasteiger partial charge >= 0.3 is 0 Å². The first-order valence-electron chi connectivity index (χ1n) is 4.31. The fourth-order valence-corrected chi connectivity index (χ4v) is 1.03. The lowest BCUT2D eigenvalue weighted by atomic mass is 9.84. The van der Waals surface area contributed by atoms with E-state index in [-0.39, 0.29) is 5.54 Å². The highest BCUT2D eigenvalue weighted by molar-refractivity contribution is 5.03. The summed E-state index contributed by atoms with van der Waals surface area (Å²) in [5.74, 6) is 0.452. The molecule has 0 rings (SSSR count). The molecule has 0 amide bonds. The van der Waals surface area contributed by atoms with E-state index >= 15 is 0 Å². The zero-order valence-corrected chi connectivity index (χ0v) is 8.90. The molecule has 0 saturated carbocycles. The quantitative estimate of drug-likeness (QED) is 0.505. The Balaban J connectivity index is 4.08. The third-order valence-electron chi connectivity index (χ3n) is 2.49. The molecule has 1 N–H and O–H groups in total. The third-order valence-corrected chi connectivity index (χ3v) is 2.49. The number of hydrogen-bond donors (Lipinski definition) is 1. The number of methoxy groups -OCH3 is 1. The van der Waals surface area contributed by atoms with Crippen LogP contribution >= 0.6 is 0 Å². The molecule has 1 atom stereocenters. The van der Waals surface area contributed by atoms with Gasteiger partial charge in [-0.15, -0.1) is 0 Å². The van der Waals surface area contributed by atoms with Crippen LogP contribution in [-0.2, 0) is 4.74 Å². The number of nitrogens with one attached hydrogen (secondary N) is 1. The molecule has 12 heavy (non-hydrogen) atoms. The average Bonchev–Trinajstić information content (AvgIpc) is 1.99. The van der Waals surface area contributed by atoms with Crippen molar-refractivity contribution in [1.82, 2.24) is 5.32 Å². The molecule has 0 aromatic carbocycles. The normalized spacial score (nSPS) is 14.4. The number of ether oxygens (including phenoxy) is 1. The van der Waals surface area contributed by atoms with E-state index in [1.165, 1.54) is 5.57 Å². The van der Waals surface area contributed by atoms with Gasteiger partial charge in [0, 0.05) is 12.6 Å². The SMILES string of the molecule is C=C(C)[C@H](C)C(C)(C)NCOC. The topological polar surface area (TPSA) is 21.3 Å². The summed E-state index contributed by atoms with van der Waals surface area (Å²) in [6, 6.07) is 0. The van der Waals surface area contributed by atoms with Crippen LogP contribution in [0.5, 0.6) is 0 Å². The highest BCUT2D eigenvalue weighted by atomic mass is 16.5. The second kappa shape index (κ2) is 4.63. The van der Waals surface area contributed by atoms with E-state index in [9.17, 15) is 0 Å². The maximum Gasteiger partial charge on any atom is 0.0965 e. The van der Waals surface area contributed by atoms with Crippen LogP contribution in [0.3, 0.4) is 0 Å². The Morgan fingerprint density at radius 2 is 2.08 bits per heavy atom. The van der Waals surface area contributed by atoms with Crippen LogP contribution in [0.25, 0.3) is 0 Å². The highest BCUT2D eigenvalue weighted by Gasteiger charge is 2.24. The van der Waals surface area contributed by atoms with Gasteiger partial charge in [0.2, 0.25) is 0 Å². The smallest absolute Gasteiger partial charge is 0.0965 e. The molecule has 0 unspecified atom stereocenters. The van der Waals surface area contributed by atoms with Crippen molar-refractivity contribution in [3.05, 3.63) is 12.2 Å². The van der Waals surface area contributed by atoms with Crippen molar-refractivity contribution < 1.29 is 4.74 Å². The molecule has 0 aromatic heterocycles. The van der Waals surface area contributed by atoms with Crippen LogP contribution in [0.2, 0.25) is 0 Å². The van der Waals surface area contributed by atoms with Gasteiger partial charge in [-0.1, -0.05) is 19.1 Å². The van der Waals surface area contributed by atoms with E-state index in [1.807, 2.05) is 0 Å². The summed E-state index contributed by atoms with van der Waals surface area (Å²) in [6.45, 7) is 13.1. The first kappa shape index (κ1) is 11.7. The van der Waals surface area contributed by atoms with Crippen LogP contribution in [0.15, 0.2) is 12.2 Å². The van der Waals surface area contributed by atoms with Crippen molar-refractivity contribution in [2.75, 3.05) is 13.8 Å². The van der Waals surface area contributed by atoms with Crippen molar-refractivity contribution in [1.29, 1.82) is 0 Å². The summed E-state index contributed by atoms with van der Waals surface area (Å²) in [7, 11) is 1.69. The Labute approximate surface area is 76.0 Å². The van der Waals surface area contributed by atoms with Crippen molar-refractivity contribution in [2.24, 2.45) is 5.92 Å². The first-order valence-corrected chi connectivity index (χ1v) is 4.31. The molecule has 0 aliphatic rings. The fraction of sp³-hybridized carbons (Fsp3) is 0.800. The van der Waals surface area contributed by atoms with Gasteiger partial charge < -0.3 is 4.74 Å². The monoisotopic (exact) mass is 171 g/mol. The fourth-order valence-electron chi connectivity index (χ4n) is 1.03. The molecule has 72 valence electrons. The van der Waals surface area contributed by atoms with Crippen molar-refractivity contribution in [3.63, 3.8) is 0 Å². The minimum absolute atomic E-state index is 0.0574. The van der Waals surface area contributed by atoms with Gasteiger partial charge in [0.05, 0.1) is 6.73 Å². The molecule has 0 radical (unpaired) electrons. The lowest BCUT2D eigenvalue weighted by Gasteiger charge is -2.33. The Bertz CT molecular complexity index is 152. The lowest BCUT2D eigenvalue weighted by molar-refractivity contribution is 0.131. The van der Waals surface area contributed by atoms with Crippen molar-refractivity contribution in [3.8, 4) is 0 Å². The van der Waals surface area contributed by atoms with Crippen LogP contribution in [0.4, 0.5) is 0 Å². The van der Waals surface area contributed by atoms with E-state index in [4.69, 9.17) is 4.74 Å².